The van der Waals surface area contributed by atoms with Gasteiger partial charge in [0.05, 0.1) is 13.2 Å². The molecule has 0 saturated heterocycles. The van der Waals surface area contributed by atoms with Crippen molar-refractivity contribution >= 4 is 19.8 Å². The first-order valence-electron chi connectivity index (χ1n) is 20.1. The van der Waals surface area contributed by atoms with E-state index in [2.05, 4.69) is 62.5 Å². The minimum absolute atomic E-state index is 0.0374. The van der Waals surface area contributed by atoms with Crippen molar-refractivity contribution in [2.24, 2.45) is 5.73 Å². The molecule has 9 nitrogen and oxygen atoms in total. The third kappa shape index (κ3) is 38.7. The summed E-state index contributed by atoms with van der Waals surface area (Å²) in [5, 5.41) is 0. The lowest BCUT2D eigenvalue weighted by Gasteiger charge is -2.19. The van der Waals surface area contributed by atoms with Crippen molar-refractivity contribution < 1.29 is 37.6 Å². The Morgan fingerprint density at radius 1 is 0.604 bits per heavy atom. The van der Waals surface area contributed by atoms with Gasteiger partial charge in [-0.2, -0.15) is 0 Å². The van der Waals surface area contributed by atoms with Gasteiger partial charge in [0.25, 0.3) is 0 Å². The monoisotopic (exact) mass is 761 g/mol. The lowest BCUT2D eigenvalue weighted by atomic mass is 10.1. The molecule has 3 N–H and O–H groups in total. The molecule has 0 spiro atoms. The van der Waals surface area contributed by atoms with Crippen LogP contribution in [-0.4, -0.2) is 49.3 Å². The molecule has 53 heavy (non-hydrogen) atoms. The Balaban J connectivity index is 4.35. The van der Waals surface area contributed by atoms with Crippen molar-refractivity contribution in [3.63, 3.8) is 0 Å². The van der Waals surface area contributed by atoms with Crippen molar-refractivity contribution in [1.29, 1.82) is 0 Å². The van der Waals surface area contributed by atoms with Crippen molar-refractivity contribution in [1.82, 2.24) is 0 Å². The zero-order chi connectivity index (χ0) is 38.9. The molecule has 0 bridgehead atoms. The van der Waals surface area contributed by atoms with Crippen LogP contribution in [0.15, 0.2) is 85.1 Å². The number of phosphoric ester groups is 1. The van der Waals surface area contributed by atoms with Gasteiger partial charge in [-0.25, -0.2) is 4.57 Å². The topological polar surface area (TPSA) is 134 Å². The van der Waals surface area contributed by atoms with Crippen LogP contribution in [0.3, 0.4) is 0 Å². The number of hydrogen-bond donors (Lipinski definition) is 2. The molecule has 0 aliphatic carbocycles. The van der Waals surface area contributed by atoms with Crippen LogP contribution in [0.25, 0.3) is 0 Å². The fourth-order valence-corrected chi connectivity index (χ4v) is 5.66. The molecule has 0 aromatic rings. The number of phosphoric acid groups is 1. The van der Waals surface area contributed by atoms with Crippen LogP contribution in [0.5, 0.6) is 0 Å². The standard InChI is InChI=1S/C43H72NO8P/c1-3-5-7-9-11-13-15-17-19-20-22-24-26-28-30-32-34-36-43(46)52-41(40-51-53(47,48)50-38-37-44)39-49-42(45)35-33-31-29-27-25-23-21-18-16-14-12-10-8-6-4-2/h6,8,10,12,14,16-19,21-22,24,28,30,41H,3-5,7,9,11,13,15,20,23,25-27,29,31-40,44H2,1-2H3,(H,47,48)/b8-6+,12-10+,16-14+,19-17+,21-18+,24-22+,30-28+/t41-/m1/s1. The maximum Gasteiger partial charge on any atom is 0.472 e. The van der Waals surface area contributed by atoms with Gasteiger partial charge in [-0.3, -0.25) is 18.6 Å². The highest BCUT2D eigenvalue weighted by atomic mass is 31.2. The largest absolute Gasteiger partial charge is 0.472 e. The van der Waals surface area contributed by atoms with E-state index in [1.165, 1.54) is 38.5 Å². The van der Waals surface area contributed by atoms with E-state index in [0.717, 1.165) is 57.8 Å². The Bertz CT molecular complexity index is 1140. The van der Waals surface area contributed by atoms with Crippen LogP contribution >= 0.6 is 7.82 Å². The van der Waals surface area contributed by atoms with E-state index < -0.39 is 32.5 Å². The van der Waals surface area contributed by atoms with E-state index in [0.29, 0.717) is 19.3 Å². The smallest absolute Gasteiger partial charge is 0.462 e. The molecule has 0 aromatic carbocycles. The van der Waals surface area contributed by atoms with Crippen molar-refractivity contribution in [3.05, 3.63) is 85.1 Å². The first-order chi connectivity index (χ1) is 25.8. The van der Waals surface area contributed by atoms with Gasteiger partial charge in [-0.05, 0) is 64.2 Å². The molecule has 0 radical (unpaired) electrons. The second kappa shape index (κ2) is 38.9. The quantitative estimate of drug-likeness (QED) is 0.0210. The third-order valence-corrected chi connectivity index (χ3v) is 8.84. The molecule has 0 rings (SSSR count). The fraction of sp³-hybridized carbons (Fsp3) is 0.628. The minimum atomic E-state index is -4.40. The molecule has 0 fully saturated rings. The molecule has 0 saturated carbocycles. The van der Waals surface area contributed by atoms with Gasteiger partial charge < -0.3 is 20.1 Å². The summed E-state index contributed by atoms with van der Waals surface area (Å²) in [5.74, 6) is -0.927. The van der Waals surface area contributed by atoms with Gasteiger partial charge in [0.15, 0.2) is 6.10 Å². The predicted molar refractivity (Wildman–Crippen MR) is 219 cm³/mol. The third-order valence-electron chi connectivity index (χ3n) is 7.86. The van der Waals surface area contributed by atoms with Crippen LogP contribution < -0.4 is 5.73 Å². The van der Waals surface area contributed by atoms with Gasteiger partial charge in [0.1, 0.15) is 6.61 Å². The summed E-state index contributed by atoms with van der Waals surface area (Å²) >= 11 is 0. The van der Waals surface area contributed by atoms with E-state index in [9.17, 15) is 19.0 Å². The first kappa shape index (κ1) is 50.2. The number of esters is 2. The van der Waals surface area contributed by atoms with E-state index >= 15 is 0 Å². The number of allylic oxidation sites excluding steroid dienone is 14. The Morgan fingerprint density at radius 3 is 1.77 bits per heavy atom. The van der Waals surface area contributed by atoms with Crippen molar-refractivity contribution in [2.75, 3.05) is 26.4 Å². The number of hydrogen-bond acceptors (Lipinski definition) is 8. The lowest BCUT2D eigenvalue weighted by Crippen LogP contribution is -2.29. The Morgan fingerprint density at radius 2 is 1.13 bits per heavy atom. The molecular weight excluding hydrogens is 689 g/mol. The molecular formula is C43H72NO8P. The summed E-state index contributed by atoms with van der Waals surface area (Å²) in [5.41, 5.74) is 5.33. The molecule has 302 valence electrons. The van der Waals surface area contributed by atoms with Crippen LogP contribution in [-0.2, 0) is 32.7 Å². The average molecular weight is 762 g/mol. The molecule has 0 amide bonds. The number of rotatable bonds is 36. The van der Waals surface area contributed by atoms with Gasteiger partial charge in [0, 0.05) is 19.4 Å². The number of ether oxygens (including phenoxy) is 2. The average Bonchev–Trinajstić information content (AvgIpc) is 3.14. The van der Waals surface area contributed by atoms with Gasteiger partial charge in [-0.1, -0.05) is 150 Å². The van der Waals surface area contributed by atoms with Crippen LogP contribution in [0, 0.1) is 0 Å². The lowest BCUT2D eigenvalue weighted by molar-refractivity contribution is -0.161. The van der Waals surface area contributed by atoms with Crippen molar-refractivity contribution in [2.45, 2.75) is 148 Å². The Hall–Kier alpha value is -2.81. The number of nitrogens with two attached hydrogens (primary N) is 1. The second-order valence-corrected chi connectivity index (χ2v) is 14.3. The molecule has 10 heteroatoms. The Kier molecular flexibility index (Phi) is 36.8. The molecule has 2 atom stereocenters. The van der Waals surface area contributed by atoms with Crippen LogP contribution in [0.2, 0.25) is 0 Å². The van der Waals surface area contributed by atoms with E-state index in [1.807, 2.05) is 36.5 Å². The summed E-state index contributed by atoms with van der Waals surface area (Å²) in [4.78, 5) is 34.8. The van der Waals surface area contributed by atoms with Crippen LogP contribution in [0.1, 0.15) is 142 Å². The van der Waals surface area contributed by atoms with Gasteiger partial charge in [-0.15, -0.1) is 0 Å². The highest BCUT2D eigenvalue weighted by Gasteiger charge is 2.25. The highest BCUT2D eigenvalue weighted by Crippen LogP contribution is 2.43. The van der Waals surface area contributed by atoms with Gasteiger partial charge >= 0.3 is 19.8 Å². The molecule has 0 aliphatic rings. The Labute approximate surface area is 322 Å². The predicted octanol–water partition coefficient (Wildman–Crippen LogP) is 11.3. The van der Waals surface area contributed by atoms with Crippen LogP contribution in [0.4, 0.5) is 0 Å². The number of carbonyl (C=O) groups is 2. The summed E-state index contributed by atoms with van der Waals surface area (Å²) in [6, 6.07) is 0. The van der Waals surface area contributed by atoms with E-state index in [-0.39, 0.29) is 32.6 Å². The van der Waals surface area contributed by atoms with Gasteiger partial charge in [0.2, 0.25) is 0 Å². The molecule has 0 aliphatic heterocycles. The first-order valence-corrected chi connectivity index (χ1v) is 21.6. The fourth-order valence-electron chi connectivity index (χ4n) is 4.89. The highest BCUT2D eigenvalue weighted by molar-refractivity contribution is 7.47. The minimum Gasteiger partial charge on any atom is -0.462 e. The van der Waals surface area contributed by atoms with Crippen molar-refractivity contribution in [3.8, 4) is 0 Å². The SMILES string of the molecule is CC/C=C/C=C/C=C/C=C/CCCCCCCC(=O)OC[C@H](COP(=O)(O)OCCN)OC(=O)CCC/C=C/C/C=C/C/C=C/CCCCCCCC. The maximum atomic E-state index is 12.5. The maximum absolute atomic E-state index is 12.5. The normalized spacial score (nSPS) is 14.3. The summed E-state index contributed by atoms with van der Waals surface area (Å²) < 4.78 is 32.6. The zero-order valence-electron chi connectivity index (χ0n) is 33.0. The zero-order valence-corrected chi connectivity index (χ0v) is 33.9. The van der Waals surface area contributed by atoms with E-state index in [4.69, 9.17) is 24.3 Å². The molecule has 1 unspecified atom stereocenters. The molecule has 0 heterocycles. The number of carbonyl (C=O) groups excluding carboxylic acids is 2. The summed E-state index contributed by atoms with van der Waals surface area (Å²) in [6.45, 7) is 3.47. The second-order valence-electron chi connectivity index (χ2n) is 12.9. The molecule has 0 aromatic heterocycles. The summed E-state index contributed by atoms with van der Waals surface area (Å²) in [6.07, 6.45) is 47.6. The van der Waals surface area contributed by atoms with E-state index in [1.54, 1.807) is 0 Å². The summed E-state index contributed by atoms with van der Waals surface area (Å²) in [7, 11) is -4.40. The number of unbranched alkanes of at least 4 members (excludes halogenated alkanes) is 12.